The molecule has 2 rings (SSSR count). The molecule has 17 heavy (non-hydrogen) atoms. The first-order valence-electron chi connectivity index (χ1n) is 5.71. The molecule has 1 unspecified atom stereocenters. The van der Waals surface area contributed by atoms with E-state index in [0.29, 0.717) is 19.0 Å². The summed E-state index contributed by atoms with van der Waals surface area (Å²) in [7, 11) is 1.70. The molecule has 0 saturated heterocycles. The molecule has 1 aliphatic rings. The van der Waals surface area contributed by atoms with Gasteiger partial charge in [0.2, 0.25) is 0 Å². The second kappa shape index (κ2) is 5.46. The van der Waals surface area contributed by atoms with Crippen LogP contribution in [0.4, 0.5) is 4.79 Å². The first kappa shape index (κ1) is 12.3. The van der Waals surface area contributed by atoms with E-state index in [1.165, 1.54) is 16.2 Å². The van der Waals surface area contributed by atoms with Crippen LogP contribution in [0.15, 0.2) is 10.9 Å². The van der Waals surface area contributed by atoms with Gasteiger partial charge in [0, 0.05) is 19.0 Å². The summed E-state index contributed by atoms with van der Waals surface area (Å²) in [5.74, 6) is 0.392. The van der Waals surface area contributed by atoms with Crippen molar-refractivity contribution in [1.82, 2.24) is 15.2 Å². The minimum atomic E-state index is -0.384. The summed E-state index contributed by atoms with van der Waals surface area (Å²) in [6.07, 6.45) is 1.77. The van der Waals surface area contributed by atoms with Crippen LogP contribution < -0.4 is 5.32 Å². The van der Waals surface area contributed by atoms with Crippen LogP contribution in [0.25, 0.3) is 0 Å². The maximum absolute atomic E-state index is 11.7. The number of nitrogens with one attached hydrogen (secondary N) is 1. The van der Waals surface area contributed by atoms with Crippen LogP contribution >= 0.6 is 11.3 Å². The molecular formula is C11H17N3O2S. The van der Waals surface area contributed by atoms with Gasteiger partial charge in [0.1, 0.15) is 0 Å². The molecule has 0 aliphatic heterocycles. The Balaban J connectivity index is 1.71. The highest BCUT2D eigenvalue weighted by Gasteiger charge is 2.31. The van der Waals surface area contributed by atoms with Gasteiger partial charge in [-0.15, -0.1) is 11.3 Å². The van der Waals surface area contributed by atoms with Crippen LogP contribution in [-0.4, -0.2) is 40.7 Å². The van der Waals surface area contributed by atoms with Gasteiger partial charge >= 0.3 is 6.03 Å². The van der Waals surface area contributed by atoms with Crippen molar-refractivity contribution in [2.75, 3.05) is 13.6 Å². The number of hydrogen-bond donors (Lipinski definition) is 2. The molecular weight excluding hydrogens is 238 g/mol. The quantitative estimate of drug-likeness (QED) is 0.826. The van der Waals surface area contributed by atoms with Gasteiger partial charge in [0.25, 0.3) is 0 Å². The van der Waals surface area contributed by atoms with E-state index in [1.54, 1.807) is 12.6 Å². The van der Waals surface area contributed by atoms with Gasteiger partial charge in [-0.3, -0.25) is 0 Å². The molecule has 2 N–H and O–H groups in total. The predicted octanol–water partition coefficient (Wildman–Crippen LogP) is 1.06. The summed E-state index contributed by atoms with van der Waals surface area (Å²) >= 11 is 1.51. The smallest absolute Gasteiger partial charge is 0.317 e. The zero-order valence-electron chi connectivity index (χ0n) is 9.80. The minimum Gasteiger partial charge on any atom is -0.391 e. The van der Waals surface area contributed by atoms with Gasteiger partial charge < -0.3 is 15.3 Å². The van der Waals surface area contributed by atoms with Crippen LogP contribution in [0.1, 0.15) is 18.5 Å². The van der Waals surface area contributed by atoms with E-state index in [-0.39, 0.29) is 12.1 Å². The lowest BCUT2D eigenvalue weighted by atomic mass is 10.2. The Hall–Kier alpha value is -1.14. The van der Waals surface area contributed by atoms with Crippen LogP contribution in [0.5, 0.6) is 0 Å². The summed E-state index contributed by atoms with van der Waals surface area (Å²) < 4.78 is 0. The Bertz CT molecular complexity index is 365. The van der Waals surface area contributed by atoms with Crippen molar-refractivity contribution in [3.8, 4) is 0 Å². The fourth-order valence-electron chi connectivity index (χ4n) is 1.62. The Kier molecular flexibility index (Phi) is 3.96. The van der Waals surface area contributed by atoms with Gasteiger partial charge in [0.05, 0.1) is 23.9 Å². The fraction of sp³-hybridized carbons (Fsp3) is 0.636. The van der Waals surface area contributed by atoms with Gasteiger partial charge in [-0.2, -0.15) is 0 Å². The number of amides is 2. The first-order valence-corrected chi connectivity index (χ1v) is 6.65. The SMILES string of the molecule is CN(CC(O)C1CC1)C(=O)NCc1cscn1. The van der Waals surface area contributed by atoms with Crippen molar-refractivity contribution >= 4 is 17.4 Å². The van der Waals surface area contributed by atoms with E-state index >= 15 is 0 Å². The molecule has 0 aromatic carbocycles. The highest BCUT2D eigenvalue weighted by atomic mass is 32.1. The molecule has 1 aromatic heterocycles. The largest absolute Gasteiger partial charge is 0.391 e. The number of aliphatic hydroxyl groups excluding tert-OH is 1. The third-order valence-electron chi connectivity index (χ3n) is 2.88. The summed E-state index contributed by atoms with van der Waals surface area (Å²) in [5.41, 5.74) is 2.60. The molecule has 6 heteroatoms. The second-order valence-corrected chi connectivity index (χ2v) is 5.14. The lowest BCUT2D eigenvalue weighted by Gasteiger charge is -2.20. The van der Waals surface area contributed by atoms with E-state index in [2.05, 4.69) is 10.3 Å². The van der Waals surface area contributed by atoms with Gasteiger partial charge in [-0.25, -0.2) is 9.78 Å². The standard InChI is InChI=1S/C11H17N3O2S/c1-14(5-10(15)8-2-3-8)11(16)12-4-9-6-17-7-13-9/h6-8,10,15H,2-5H2,1H3,(H,12,16). The topological polar surface area (TPSA) is 65.5 Å². The Morgan fingerprint density at radius 3 is 3.12 bits per heavy atom. The first-order chi connectivity index (χ1) is 8.16. The van der Waals surface area contributed by atoms with Gasteiger partial charge in [0.15, 0.2) is 0 Å². The number of likely N-dealkylation sites (N-methyl/N-ethyl adjacent to an activating group) is 1. The van der Waals surface area contributed by atoms with E-state index in [4.69, 9.17) is 0 Å². The van der Waals surface area contributed by atoms with Crippen molar-refractivity contribution in [3.05, 3.63) is 16.6 Å². The van der Waals surface area contributed by atoms with Crippen LogP contribution in [0.3, 0.4) is 0 Å². The molecule has 1 fully saturated rings. The lowest BCUT2D eigenvalue weighted by molar-refractivity contribution is 0.113. The third-order valence-corrected chi connectivity index (χ3v) is 3.51. The monoisotopic (exact) mass is 255 g/mol. The Morgan fingerprint density at radius 2 is 2.53 bits per heavy atom. The molecule has 1 saturated carbocycles. The number of nitrogens with zero attached hydrogens (tertiary/aromatic N) is 2. The highest BCUT2D eigenvalue weighted by molar-refractivity contribution is 7.07. The molecule has 1 atom stereocenters. The number of urea groups is 1. The van der Waals surface area contributed by atoms with Crippen molar-refractivity contribution in [2.24, 2.45) is 5.92 Å². The normalized spacial score (nSPS) is 16.6. The zero-order chi connectivity index (χ0) is 12.3. The molecule has 0 bridgehead atoms. The van der Waals surface area contributed by atoms with Crippen LogP contribution in [-0.2, 0) is 6.54 Å². The molecule has 1 aromatic rings. The maximum Gasteiger partial charge on any atom is 0.317 e. The molecule has 1 aliphatic carbocycles. The van der Waals surface area contributed by atoms with E-state index < -0.39 is 0 Å². The zero-order valence-corrected chi connectivity index (χ0v) is 10.6. The van der Waals surface area contributed by atoms with Crippen LogP contribution in [0, 0.1) is 5.92 Å². The van der Waals surface area contributed by atoms with Crippen molar-refractivity contribution < 1.29 is 9.90 Å². The molecule has 94 valence electrons. The summed E-state index contributed by atoms with van der Waals surface area (Å²) in [6, 6.07) is -0.169. The number of carbonyl (C=O) groups is 1. The fourth-order valence-corrected chi connectivity index (χ4v) is 2.18. The summed E-state index contributed by atoms with van der Waals surface area (Å²) in [5, 5.41) is 14.4. The molecule has 5 nitrogen and oxygen atoms in total. The number of hydrogen-bond acceptors (Lipinski definition) is 4. The molecule has 1 heterocycles. The minimum absolute atomic E-state index is 0.169. The highest BCUT2D eigenvalue weighted by Crippen LogP contribution is 2.32. The third kappa shape index (κ3) is 3.67. The van der Waals surface area contributed by atoms with Crippen molar-refractivity contribution in [1.29, 1.82) is 0 Å². The maximum atomic E-state index is 11.7. The number of carbonyl (C=O) groups excluding carboxylic acids is 1. The van der Waals surface area contributed by atoms with E-state index in [9.17, 15) is 9.90 Å². The number of rotatable bonds is 5. The average Bonchev–Trinajstić information content (AvgIpc) is 3.04. The van der Waals surface area contributed by atoms with Crippen molar-refractivity contribution in [3.63, 3.8) is 0 Å². The average molecular weight is 255 g/mol. The molecule has 0 spiro atoms. The number of aliphatic hydroxyl groups is 1. The lowest BCUT2D eigenvalue weighted by Crippen LogP contribution is -2.41. The second-order valence-electron chi connectivity index (χ2n) is 4.42. The summed E-state index contributed by atoms with van der Waals surface area (Å²) in [6.45, 7) is 0.833. The van der Waals surface area contributed by atoms with Gasteiger partial charge in [-0.1, -0.05) is 0 Å². The molecule has 0 radical (unpaired) electrons. The van der Waals surface area contributed by atoms with Crippen molar-refractivity contribution in [2.45, 2.75) is 25.5 Å². The Morgan fingerprint density at radius 1 is 1.76 bits per heavy atom. The van der Waals surface area contributed by atoms with E-state index in [1.807, 2.05) is 5.38 Å². The number of thiazole rings is 1. The van der Waals surface area contributed by atoms with Crippen LogP contribution in [0.2, 0.25) is 0 Å². The summed E-state index contributed by atoms with van der Waals surface area (Å²) in [4.78, 5) is 17.3. The predicted molar refractivity (Wildman–Crippen MR) is 65.7 cm³/mol. The number of aromatic nitrogens is 1. The van der Waals surface area contributed by atoms with E-state index in [0.717, 1.165) is 18.5 Å². The Labute approximate surface area is 104 Å². The molecule has 2 amide bonds. The van der Waals surface area contributed by atoms with Gasteiger partial charge in [-0.05, 0) is 18.8 Å².